The Kier molecular flexibility index (Phi) is 3.48. The molecule has 12 heavy (non-hydrogen) atoms. The number of rotatable bonds is 2. The third kappa shape index (κ3) is 2.45. The van der Waals surface area contributed by atoms with E-state index in [2.05, 4.69) is 20.9 Å². The predicted molar refractivity (Wildman–Crippen MR) is 51.0 cm³/mol. The molecule has 0 radical (unpaired) electrons. The second-order valence-corrected chi connectivity index (χ2v) is 3.42. The number of nitrogens with zero attached hydrogens (tertiary/aromatic N) is 1. The highest BCUT2D eigenvalue weighted by Gasteiger charge is 1.97. The van der Waals surface area contributed by atoms with Crippen molar-refractivity contribution in [3.8, 4) is 0 Å². The highest BCUT2D eigenvalue weighted by molar-refractivity contribution is 9.10. The molecule has 0 aromatic heterocycles. The Morgan fingerprint density at radius 1 is 1.58 bits per heavy atom. The molecule has 0 heterocycles. The normalized spacial score (nSPS) is 9.17. The molecule has 1 aromatic rings. The fourth-order valence-corrected chi connectivity index (χ4v) is 1.21. The Hall–Kier alpha value is -0.630. The van der Waals surface area contributed by atoms with Crippen LogP contribution in [0.15, 0.2) is 27.7 Å². The summed E-state index contributed by atoms with van der Waals surface area (Å²) in [6, 6.07) is 5.42. The summed E-state index contributed by atoms with van der Waals surface area (Å²) >= 11 is 9.06. The van der Waals surface area contributed by atoms with Crippen LogP contribution in [-0.2, 0) is 11.3 Å². The summed E-state index contributed by atoms with van der Waals surface area (Å²) < 4.78 is 0.836. The first kappa shape index (κ1) is 9.46. The number of benzene rings is 1. The quantitative estimate of drug-likeness (QED) is 0.583. The van der Waals surface area contributed by atoms with Gasteiger partial charge in [0.25, 0.3) is 0 Å². The first-order valence-corrected chi connectivity index (χ1v) is 4.38. The van der Waals surface area contributed by atoms with E-state index in [1.807, 2.05) is 12.1 Å². The van der Waals surface area contributed by atoms with Gasteiger partial charge in [-0.2, -0.15) is 0 Å². The summed E-state index contributed by atoms with van der Waals surface area (Å²) in [5, 5.41) is 0.619. The van der Waals surface area contributed by atoms with Crippen LogP contribution in [-0.4, -0.2) is 6.08 Å². The summed E-state index contributed by atoms with van der Waals surface area (Å²) in [5.41, 5.74) is 0.895. The van der Waals surface area contributed by atoms with E-state index >= 15 is 0 Å². The number of hydrogen-bond acceptors (Lipinski definition) is 2. The molecule has 1 aromatic carbocycles. The molecule has 0 aliphatic carbocycles. The zero-order chi connectivity index (χ0) is 8.97. The second kappa shape index (κ2) is 4.41. The first-order chi connectivity index (χ1) is 5.74. The smallest absolute Gasteiger partial charge is 0.211 e. The second-order valence-electron chi connectivity index (χ2n) is 2.16. The van der Waals surface area contributed by atoms with Crippen molar-refractivity contribution in [2.45, 2.75) is 6.54 Å². The molecule has 0 bridgehead atoms. The fraction of sp³-hybridized carbons (Fsp3) is 0.125. The number of carbonyl (C=O) groups excluding carboxylic acids is 1. The summed E-state index contributed by atoms with van der Waals surface area (Å²) in [7, 11) is 0. The van der Waals surface area contributed by atoms with Gasteiger partial charge in [-0.1, -0.05) is 17.7 Å². The van der Waals surface area contributed by atoms with Crippen LogP contribution in [0.1, 0.15) is 5.56 Å². The van der Waals surface area contributed by atoms with Gasteiger partial charge < -0.3 is 0 Å². The third-order valence-corrected chi connectivity index (χ3v) is 2.54. The minimum Gasteiger partial charge on any atom is -0.211 e. The minimum atomic E-state index is 0.330. The van der Waals surface area contributed by atoms with E-state index in [4.69, 9.17) is 11.6 Å². The van der Waals surface area contributed by atoms with Crippen molar-refractivity contribution in [3.05, 3.63) is 33.3 Å². The van der Waals surface area contributed by atoms with Crippen LogP contribution in [0, 0.1) is 0 Å². The molecule has 0 saturated carbocycles. The van der Waals surface area contributed by atoms with E-state index in [9.17, 15) is 4.79 Å². The Morgan fingerprint density at radius 2 is 2.33 bits per heavy atom. The molecule has 0 saturated heterocycles. The lowest BCUT2D eigenvalue weighted by molar-refractivity contribution is 0.563. The molecule has 0 amide bonds. The van der Waals surface area contributed by atoms with Crippen molar-refractivity contribution in [1.29, 1.82) is 0 Å². The highest BCUT2D eigenvalue weighted by Crippen LogP contribution is 2.23. The molecule has 0 atom stereocenters. The molecule has 4 heteroatoms. The molecule has 0 aliphatic rings. The van der Waals surface area contributed by atoms with E-state index in [-0.39, 0.29) is 0 Å². The van der Waals surface area contributed by atoms with Gasteiger partial charge in [-0.15, -0.1) is 0 Å². The van der Waals surface area contributed by atoms with Crippen LogP contribution >= 0.6 is 27.5 Å². The highest BCUT2D eigenvalue weighted by atomic mass is 79.9. The summed E-state index contributed by atoms with van der Waals surface area (Å²) in [6.07, 6.45) is 1.47. The standard InChI is InChI=1S/C8H5BrClNO/c9-7-2-1-6(3-8(7)10)4-11-5-12/h1-3H,4H2. The van der Waals surface area contributed by atoms with Gasteiger partial charge in [0.15, 0.2) is 0 Å². The Balaban J connectivity index is 2.89. The van der Waals surface area contributed by atoms with Crippen LogP contribution in [0.25, 0.3) is 0 Å². The van der Waals surface area contributed by atoms with Crippen LogP contribution in [0.3, 0.4) is 0 Å². The Labute approximate surface area is 83.4 Å². The van der Waals surface area contributed by atoms with Crippen molar-refractivity contribution in [1.82, 2.24) is 0 Å². The van der Waals surface area contributed by atoms with E-state index in [0.29, 0.717) is 11.6 Å². The number of hydrogen-bond donors (Lipinski definition) is 0. The number of isocyanates is 1. The van der Waals surface area contributed by atoms with Crippen molar-refractivity contribution in [3.63, 3.8) is 0 Å². The lowest BCUT2D eigenvalue weighted by Gasteiger charge is -1.97. The van der Waals surface area contributed by atoms with Crippen LogP contribution < -0.4 is 0 Å². The van der Waals surface area contributed by atoms with Gasteiger partial charge in [-0.05, 0) is 33.6 Å². The van der Waals surface area contributed by atoms with Gasteiger partial charge in [0.05, 0.1) is 11.6 Å². The molecule has 0 N–H and O–H groups in total. The summed E-state index contributed by atoms with van der Waals surface area (Å²) in [6.45, 7) is 0.330. The maximum atomic E-state index is 9.80. The molecule has 0 unspecified atom stereocenters. The molecule has 1 rings (SSSR count). The van der Waals surface area contributed by atoms with E-state index in [1.165, 1.54) is 6.08 Å². The van der Waals surface area contributed by atoms with Crippen molar-refractivity contribution in [2.24, 2.45) is 4.99 Å². The molecular formula is C8H5BrClNO. The maximum absolute atomic E-state index is 9.80. The SMILES string of the molecule is O=C=NCc1ccc(Br)c(Cl)c1. The zero-order valence-corrected chi connectivity index (χ0v) is 8.39. The topological polar surface area (TPSA) is 29.4 Å². The molecule has 0 aliphatic heterocycles. The van der Waals surface area contributed by atoms with Gasteiger partial charge in [0.1, 0.15) is 0 Å². The van der Waals surface area contributed by atoms with Gasteiger partial charge in [0.2, 0.25) is 6.08 Å². The summed E-state index contributed by atoms with van der Waals surface area (Å²) in [5.74, 6) is 0. The van der Waals surface area contributed by atoms with Crippen molar-refractivity contribution < 1.29 is 4.79 Å². The fourth-order valence-electron chi connectivity index (χ4n) is 0.762. The van der Waals surface area contributed by atoms with E-state index < -0.39 is 0 Å². The molecule has 2 nitrogen and oxygen atoms in total. The van der Waals surface area contributed by atoms with Crippen molar-refractivity contribution in [2.75, 3.05) is 0 Å². The molecule has 62 valence electrons. The third-order valence-electron chi connectivity index (χ3n) is 1.31. The minimum absolute atomic E-state index is 0.330. The largest absolute Gasteiger partial charge is 0.235 e. The lowest BCUT2D eigenvalue weighted by atomic mass is 10.2. The zero-order valence-electron chi connectivity index (χ0n) is 6.05. The van der Waals surface area contributed by atoms with Crippen LogP contribution in [0.4, 0.5) is 0 Å². The predicted octanol–water partition coefficient (Wildman–Crippen LogP) is 2.94. The number of aliphatic imine (C=N–C) groups is 1. The summed E-state index contributed by atoms with van der Waals surface area (Å²) in [4.78, 5) is 13.2. The van der Waals surface area contributed by atoms with Gasteiger partial charge in [0, 0.05) is 4.47 Å². The monoisotopic (exact) mass is 245 g/mol. The molecule has 0 fully saturated rings. The van der Waals surface area contributed by atoms with E-state index in [1.54, 1.807) is 6.07 Å². The van der Waals surface area contributed by atoms with E-state index in [0.717, 1.165) is 10.0 Å². The van der Waals surface area contributed by atoms with Gasteiger partial charge in [-0.25, -0.2) is 9.79 Å². The Morgan fingerprint density at radius 3 is 2.92 bits per heavy atom. The average molecular weight is 246 g/mol. The molecule has 0 spiro atoms. The van der Waals surface area contributed by atoms with Crippen LogP contribution in [0.5, 0.6) is 0 Å². The first-order valence-electron chi connectivity index (χ1n) is 3.21. The maximum Gasteiger partial charge on any atom is 0.235 e. The number of halogens is 2. The molecular weight excluding hydrogens is 241 g/mol. The van der Waals surface area contributed by atoms with Crippen LogP contribution in [0.2, 0.25) is 5.02 Å². The lowest BCUT2D eigenvalue weighted by Crippen LogP contribution is -1.80. The van der Waals surface area contributed by atoms with Gasteiger partial charge in [-0.3, -0.25) is 0 Å². The van der Waals surface area contributed by atoms with Gasteiger partial charge >= 0.3 is 0 Å². The Bertz CT molecular complexity index is 334. The average Bonchev–Trinajstić information content (AvgIpc) is 2.07. The van der Waals surface area contributed by atoms with Crippen molar-refractivity contribution >= 4 is 33.6 Å².